The second-order valence-electron chi connectivity index (χ2n) is 12.4. The molecule has 3 aromatic rings. The molecule has 4 aliphatic rings. The number of fused-ring (bicyclic) bond motifs is 4. The SMILES string of the molecule is COc1cccc([C@H]2C3=CC[C@@H]4C(=O)N(c5cccc([N+](=O)[O-])c5)C(=O)[C@@H]4[C@@H]3C[C@H]3C(=O)N(c4ccc(F)c(Cl)c4)C(=O)[C@@]23C)c1O. The Morgan fingerprint density at radius 2 is 1.70 bits per heavy atom. The summed E-state index contributed by atoms with van der Waals surface area (Å²) in [7, 11) is 1.38. The van der Waals surface area contributed by atoms with Crippen molar-refractivity contribution in [3.05, 3.63) is 98.8 Å². The first-order valence-corrected chi connectivity index (χ1v) is 15.3. The largest absolute Gasteiger partial charge is 0.504 e. The van der Waals surface area contributed by atoms with Crippen molar-refractivity contribution < 1.29 is 38.3 Å². The Morgan fingerprint density at radius 3 is 2.40 bits per heavy atom. The second-order valence-corrected chi connectivity index (χ2v) is 12.9. The maximum Gasteiger partial charge on any atom is 0.271 e. The highest BCUT2D eigenvalue weighted by Crippen LogP contribution is 2.65. The van der Waals surface area contributed by atoms with E-state index < -0.39 is 69.4 Å². The van der Waals surface area contributed by atoms with E-state index in [4.69, 9.17) is 16.3 Å². The lowest BCUT2D eigenvalue weighted by molar-refractivity contribution is -0.384. The number of non-ortho nitro benzene ring substituents is 1. The summed E-state index contributed by atoms with van der Waals surface area (Å²) >= 11 is 6.04. The summed E-state index contributed by atoms with van der Waals surface area (Å²) in [5, 5.41) is 22.6. The molecular weight excluding hydrogens is 633 g/mol. The van der Waals surface area contributed by atoms with Crippen molar-refractivity contribution in [1.29, 1.82) is 0 Å². The Morgan fingerprint density at radius 1 is 0.979 bits per heavy atom. The van der Waals surface area contributed by atoms with Crippen LogP contribution < -0.4 is 14.5 Å². The number of benzene rings is 3. The lowest BCUT2D eigenvalue weighted by Gasteiger charge is -2.49. The Labute approximate surface area is 272 Å². The summed E-state index contributed by atoms with van der Waals surface area (Å²) in [5.74, 6) is -7.43. The number of phenolic OH excluding ortho intramolecular Hbond substituents is 1. The van der Waals surface area contributed by atoms with E-state index in [1.54, 1.807) is 25.1 Å². The molecule has 0 bridgehead atoms. The molecule has 47 heavy (non-hydrogen) atoms. The number of imide groups is 2. The highest BCUT2D eigenvalue weighted by Gasteiger charge is 2.68. The number of para-hydroxylation sites is 1. The number of carbonyl (C=O) groups excluding carboxylic acids is 4. The number of aromatic hydroxyl groups is 1. The summed E-state index contributed by atoms with van der Waals surface area (Å²) in [5.41, 5.74) is -0.680. The summed E-state index contributed by atoms with van der Waals surface area (Å²) < 4.78 is 19.5. The molecule has 3 fully saturated rings. The molecule has 3 aromatic carbocycles. The number of amides is 4. The van der Waals surface area contributed by atoms with Crippen LogP contribution in [0.5, 0.6) is 11.5 Å². The molecule has 7 rings (SSSR count). The van der Waals surface area contributed by atoms with Gasteiger partial charge in [0.2, 0.25) is 23.6 Å². The number of rotatable bonds is 5. The lowest BCUT2D eigenvalue weighted by Crippen LogP contribution is -2.48. The molecule has 2 heterocycles. The van der Waals surface area contributed by atoms with Gasteiger partial charge in [0.05, 0.1) is 51.6 Å². The van der Waals surface area contributed by atoms with Crippen LogP contribution in [0.1, 0.15) is 31.2 Å². The van der Waals surface area contributed by atoms with E-state index in [1.165, 1.54) is 43.5 Å². The van der Waals surface area contributed by atoms with Crippen molar-refractivity contribution in [2.24, 2.45) is 29.1 Å². The molecule has 2 aliphatic carbocycles. The summed E-state index contributed by atoms with van der Waals surface area (Å²) in [6, 6.07) is 13.7. The minimum atomic E-state index is -1.47. The quantitative estimate of drug-likeness (QED) is 0.163. The van der Waals surface area contributed by atoms with Crippen molar-refractivity contribution >= 4 is 52.3 Å². The van der Waals surface area contributed by atoms with Gasteiger partial charge in [-0.2, -0.15) is 0 Å². The predicted molar refractivity (Wildman–Crippen MR) is 166 cm³/mol. The zero-order valence-electron chi connectivity index (χ0n) is 25.1. The van der Waals surface area contributed by atoms with Gasteiger partial charge in [0.15, 0.2) is 11.5 Å². The Hall–Kier alpha value is -5.10. The molecule has 1 N–H and O–H groups in total. The van der Waals surface area contributed by atoms with Crippen LogP contribution in [0.4, 0.5) is 21.5 Å². The van der Waals surface area contributed by atoms with Crippen molar-refractivity contribution in [2.75, 3.05) is 16.9 Å². The van der Waals surface area contributed by atoms with E-state index >= 15 is 0 Å². The van der Waals surface area contributed by atoms with Crippen LogP contribution in [-0.2, 0) is 19.2 Å². The first kappa shape index (κ1) is 30.5. The van der Waals surface area contributed by atoms with E-state index in [2.05, 4.69) is 0 Å². The van der Waals surface area contributed by atoms with Crippen molar-refractivity contribution in [1.82, 2.24) is 0 Å². The minimum absolute atomic E-state index is 0.0303. The highest BCUT2D eigenvalue weighted by atomic mass is 35.5. The summed E-state index contributed by atoms with van der Waals surface area (Å²) in [6.07, 6.45) is 1.98. The fourth-order valence-corrected chi connectivity index (χ4v) is 8.34. The Kier molecular flexibility index (Phi) is 6.97. The first-order chi connectivity index (χ1) is 22.4. The normalized spacial score (nSPS) is 28.2. The first-order valence-electron chi connectivity index (χ1n) is 14.9. The Bertz CT molecular complexity index is 1960. The lowest BCUT2D eigenvalue weighted by atomic mass is 9.51. The molecule has 0 radical (unpaired) electrons. The third-order valence-electron chi connectivity index (χ3n) is 10.3. The summed E-state index contributed by atoms with van der Waals surface area (Å²) in [6.45, 7) is 1.65. The van der Waals surface area contributed by atoms with Gasteiger partial charge in [0.1, 0.15) is 5.82 Å². The van der Waals surface area contributed by atoms with E-state index in [9.17, 15) is 38.8 Å². The number of allylic oxidation sites excluding steroid dienone is 2. The number of hydrogen-bond acceptors (Lipinski definition) is 8. The molecule has 2 aliphatic heterocycles. The number of anilines is 2. The van der Waals surface area contributed by atoms with Gasteiger partial charge >= 0.3 is 0 Å². The topological polar surface area (TPSA) is 147 Å². The standard InChI is InChI=1S/C34H27ClFN3O8/c1-34-23(31(42)38(33(34)44)17-9-12-25(36)24(35)14-17)15-22-19(28(34)21-7-4-8-26(47-2)29(21)40)10-11-20-27(22)32(43)37(30(20)41)16-5-3-6-18(13-16)39(45)46/h3-10,12-14,20,22-23,27-28,40H,11,15H2,1-2H3/t20-,22+,23-,27-,28+,34+/m0/s1. The molecule has 0 unspecified atom stereocenters. The van der Waals surface area contributed by atoms with Crippen LogP contribution in [-0.4, -0.2) is 40.8 Å². The number of nitro groups is 1. The number of nitrogens with zero attached hydrogens (tertiary/aromatic N) is 3. The van der Waals surface area contributed by atoms with Crippen LogP contribution in [0, 0.1) is 45.0 Å². The van der Waals surface area contributed by atoms with Crippen LogP contribution in [0.2, 0.25) is 5.02 Å². The molecule has 11 nitrogen and oxygen atoms in total. The van der Waals surface area contributed by atoms with Gasteiger partial charge in [-0.3, -0.25) is 29.3 Å². The molecule has 1 saturated carbocycles. The molecule has 13 heteroatoms. The monoisotopic (exact) mass is 659 g/mol. The maximum absolute atomic E-state index is 14.5. The number of hydrogen-bond donors (Lipinski definition) is 1. The zero-order chi connectivity index (χ0) is 33.5. The molecule has 0 spiro atoms. The van der Waals surface area contributed by atoms with Gasteiger partial charge in [0, 0.05) is 23.6 Å². The second kappa shape index (κ2) is 10.7. The fraction of sp³-hybridized carbons (Fsp3) is 0.294. The zero-order valence-corrected chi connectivity index (χ0v) is 25.8. The third kappa shape index (κ3) is 4.23. The maximum atomic E-state index is 14.5. The summed E-state index contributed by atoms with van der Waals surface area (Å²) in [4.78, 5) is 69.5. The number of halogens is 2. The average molecular weight is 660 g/mol. The molecular formula is C34H27ClFN3O8. The van der Waals surface area contributed by atoms with Crippen molar-refractivity contribution in [3.8, 4) is 11.5 Å². The average Bonchev–Trinajstić information content (AvgIpc) is 3.42. The highest BCUT2D eigenvalue weighted by molar-refractivity contribution is 6.32. The van der Waals surface area contributed by atoms with E-state index in [-0.39, 0.29) is 46.4 Å². The molecule has 240 valence electrons. The molecule has 6 atom stereocenters. The van der Waals surface area contributed by atoms with Crippen LogP contribution >= 0.6 is 11.6 Å². The fourth-order valence-electron chi connectivity index (χ4n) is 8.17. The van der Waals surface area contributed by atoms with Gasteiger partial charge in [-0.25, -0.2) is 14.2 Å². The third-order valence-corrected chi connectivity index (χ3v) is 10.6. The van der Waals surface area contributed by atoms with Crippen LogP contribution in [0.25, 0.3) is 0 Å². The van der Waals surface area contributed by atoms with Gasteiger partial charge in [0.25, 0.3) is 5.69 Å². The number of phenols is 1. The van der Waals surface area contributed by atoms with E-state index in [0.717, 1.165) is 15.9 Å². The Balaban J connectivity index is 1.38. The molecule has 2 saturated heterocycles. The van der Waals surface area contributed by atoms with Gasteiger partial charge < -0.3 is 9.84 Å². The molecule has 4 amide bonds. The molecule has 0 aromatic heterocycles. The predicted octanol–water partition coefficient (Wildman–Crippen LogP) is 5.54. The van der Waals surface area contributed by atoms with Gasteiger partial charge in [-0.15, -0.1) is 0 Å². The minimum Gasteiger partial charge on any atom is -0.504 e. The van der Waals surface area contributed by atoms with E-state index in [1.807, 2.05) is 6.08 Å². The van der Waals surface area contributed by atoms with Crippen molar-refractivity contribution in [2.45, 2.75) is 25.7 Å². The number of carbonyl (C=O) groups is 4. The van der Waals surface area contributed by atoms with E-state index in [0.29, 0.717) is 11.1 Å². The number of methoxy groups -OCH3 is 1. The smallest absolute Gasteiger partial charge is 0.271 e. The van der Waals surface area contributed by atoms with Gasteiger partial charge in [-0.05, 0) is 56.0 Å². The van der Waals surface area contributed by atoms with Crippen LogP contribution in [0.15, 0.2) is 72.3 Å². The number of nitro benzene ring substituents is 1. The van der Waals surface area contributed by atoms with Gasteiger partial charge in [-0.1, -0.05) is 41.4 Å². The van der Waals surface area contributed by atoms with Crippen molar-refractivity contribution in [3.63, 3.8) is 0 Å². The van der Waals surface area contributed by atoms with Crippen LogP contribution in [0.3, 0.4) is 0 Å². The number of ether oxygens (including phenoxy) is 1.